The number of amides is 1. The van der Waals surface area contributed by atoms with Gasteiger partial charge in [0.25, 0.3) is 0 Å². The second-order valence-corrected chi connectivity index (χ2v) is 3.18. The van der Waals surface area contributed by atoms with Crippen LogP contribution >= 0.6 is 0 Å². The monoisotopic (exact) mass is 177 g/mol. The standard InChI is InChI=1S/C10H11NO2/c11-10(12)9-4-2-1-3-7(9)5-8-6-13-8/h1-4,8H,5-6H2,(H2,11,12). The third kappa shape index (κ3) is 1.87. The zero-order valence-corrected chi connectivity index (χ0v) is 7.19. The number of epoxide rings is 1. The van der Waals surface area contributed by atoms with Crippen LogP contribution in [-0.4, -0.2) is 18.6 Å². The highest BCUT2D eigenvalue weighted by molar-refractivity contribution is 5.94. The number of ether oxygens (including phenoxy) is 1. The Hall–Kier alpha value is -1.35. The molecule has 0 aliphatic carbocycles. The summed E-state index contributed by atoms with van der Waals surface area (Å²) in [5.41, 5.74) is 6.82. The Labute approximate surface area is 76.5 Å². The van der Waals surface area contributed by atoms with Crippen LogP contribution < -0.4 is 5.73 Å². The van der Waals surface area contributed by atoms with Crippen molar-refractivity contribution < 1.29 is 9.53 Å². The molecule has 0 radical (unpaired) electrons. The van der Waals surface area contributed by atoms with E-state index in [1.54, 1.807) is 6.07 Å². The largest absolute Gasteiger partial charge is 0.373 e. The third-order valence-corrected chi connectivity index (χ3v) is 2.13. The molecule has 0 saturated carbocycles. The van der Waals surface area contributed by atoms with Gasteiger partial charge in [-0.25, -0.2) is 0 Å². The van der Waals surface area contributed by atoms with Crippen LogP contribution in [0.3, 0.4) is 0 Å². The lowest BCUT2D eigenvalue weighted by Gasteiger charge is -2.03. The van der Waals surface area contributed by atoms with E-state index in [1.807, 2.05) is 18.2 Å². The summed E-state index contributed by atoms with van der Waals surface area (Å²) in [5, 5.41) is 0. The Morgan fingerprint density at radius 2 is 2.23 bits per heavy atom. The van der Waals surface area contributed by atoms with Gasteiger partial charge in [-0.2, -0.15) is 0 Å². The maximum atomic E-state index is 11.0. The molecule has 2 rings (SSSR count). The molecule has 3 heteroatoms. The van der Waals surface area contributed by atoms with Crippen molar-refractivity contribution in [3.8, 4) is 0 Å². The molecular weight excluding hydrogens is 166 g/mol. The molecular formula is C10H11NO2. The molecule has 1 aromatic rings. The number of carbonyl (C=O) groups excluding carboxylic acids is 1. The second kappa shape index (κ2) is 3.18. The average Bonchev–Trinajstić information content (AvgIpc) is 2.89. The molecule has 2 N–H and O–H groups in total. The van der Waals surface area contributed by atoms with Gasteiger partial charge in [0.15, 0.2) is 0 Å². The predicted octanol–water partition coefficient (Wildman–Crippen LogP) is 0.727. The Morgan fingerprint density at radius 3 is 2.85 bits per heavy atom. The summed E-state index contributed by atoms with van der Waals surface area (Å²) in [7, 11) is 0. The fraction of sp³-hybridized carbons (Fsp3) is 0.300. The lowest BCUT2D eigenvalue weighted by Crippen LogP contribution is -2.14. The van der Waals surface area contributed by atoms with E-state index in [-0.39, 0.29) is 5.91 Å². The van der Waals surface area contributed by atoms with Crippen molar-refractivity contribution >= 4 is 5.91 Å². The Bertz CT molecular complexity index is 331. The van der Waals surface area contributed by atoms with Gasteiger partial charge in [0.05, 0.1) is 12.7 Å². The van der Waals surface area contributed by atoms with E-state index < -0.39 is 0 Å². The first-order chi connectivity index (χ1) is 6.27. The summed E-state index contributed by atoms with van der Waals surface area (Å²) >= 11 is 0. The topological polar surface area (TPSA) is 55.6 Å². The number of hydrogen-bond donors (Lipinski definition) is 1. The van der Waals surface area contributed by atoms with Gasteiger partial charge in [0.1, 0.15) is 0 Å². The van der Waals surface area contributed by atoms with Crippen LogP contribution in [0.4, 0.5) is 0 Å². The van der Waals surface area contributed by atoms with E-state index in [1.165, 1.54) is 0 Å². The molecule has 1 saturated heterocycles. The molecule has 3 nitrogen and oxygen atoms in total. The fourth-order valence-corrected chi connectivity index (χ4v) is 1.37. The van der Waals surface area contributed by atoms with Crippen molar-refractivity contribution in [1.29, 1.82) is 0 Å². The van der Waals surface area contributed by atoms with Crippen molar-refractivity contribution in [3.05, 3.63) is 35.4 Å². The molecule has 1 unspecified atom stereocenters. The number of benzene rings is 1. The molecule has 1 fully saturated rings. The van der Waals surface area contributed by atoms with E-state index in [4.69, 9.17) is 10.5 Å². The van der Waals surface area contributed by atoms with Crippen LogP contribution in [0.5, 0.6) is 0 Å². The van der Waals surface area contributed by atoms with Crippen LogP contribution in [0.25, 0.3) is 0 Å². The molecule has 0 aromatic heterocycles. The highest BCUT2D eigenvalue weighted by Gasteiger charge is 2.24. The summed E-state index contributed by atoms with van der Waals surface area (Å²) in [6, 6.07) is 7.39. The highest BCUT2D eigenvalue weighted by atomic mass is 16.6. The predicted molar refractivity (Wildman–Crippen MR) is 48.4 cm³/mol. The van der Waals surface area contributed by atoms with E-state index in [0.717, 1.165) is 18.6 Å². The lowest BCUT2D eigenvalue weighted by molar-refractivity contribution is 0.0999. The molecule has 13 heavy (non-hydrogen) atoms. The molecule has 1 aliphatic rings. The van der Waals surface area contributed by atoms with Gasteiger partial charge in [0, 0.05) is 12.0 Å². The number of primary amides is 1. The van der Waals surface area contributed by atoms with Gasteiger partial charge in [-0.15, -0.1) is 0 Å². The Morgan fingerprint density at radius 1 is 1.54 bits per heavy atom. The molecule has 0 bridgehead atoms. The van der Waals surface area contributed by atoms with Gasteiger partial charge in [-0.1, -0.05) is 18.2 Å². The van der Waals surface area contributed by atoms with E-state index in [2.05, 4.69) is 0 Å². The molecule has 68 valence electrons. The maximum absolute atomic E-state index is 11.0. The van der Waals surface area contributed by atoms with Crippen LogP contribution in [0.1, 0.15) is 15.9 Å². The van der Waals surface area contributed by atoms with Crippen molar-refractivity contribution in [2.75, 3.05) is 6.61 Å². The van der Waals surface area contributed by atoms with Gasteiger partial charge in [0.2, 0.25) is 5.91 Å². The SMILES string of the molecule is NC(=O)c1ccccc1CC1CO1. The first-order valence-corrected chi connectivity index (χ1v) is 4.26. The minimum absolute atomic E-state index is 0.292. The molecule has 1 amide bonds. The minimum atomic E-state index is -0.365. The van der Waals surface area contributed by atoms with Gasteiger partial charge in [-0.3, -0.25) is 4.79 Å². The van der Waals surface area contributed by atoms with Crippen LogP contribution in [-0.2, 0) is 11.2 Å². The van der Waals surface area contributed by atoms with Crippen molar-refractivity contribution in [1.82, 2.24) is 0 Å². The van der Waals surface area contributed by atoms with Crippen molar-refractivity contribution in [2.45, 2.75) is 12.5 Å². The zero-order valence-electron chi connectivity index (χ0n) is 7.19. The number of hydrogen-bond acceptors (Lipinski definition) is 2. The van der Waals surface area contributed by atoms with E-state index in [0.29, 0.717) is 11.7 Å². The highest BCUT2D eigenvalue weighted by Crippen LogP contribution is 2.18. The maximum Gasteiger partial charge on any atom is 0.248 e. The molecule has 1 aromatic carbocycles. The van der Waals surface area contributed by atoms with Gasteiger partial charge >= 0.3 is 0 Å². The molecule has 0 spiro atoms. The van der Waals surface area contributed by atoms with Crippen LogP contribution in [0, 0.1) is 0 Å². The molecule has 1 atom stereocenters. The van der Waals surface area contributed by atoms with Gasteiger partial charge in [-0.05, 0) is 11.6 Å². The average molecular weight is 177 g/mol. The van der Waals surface area contributed by atoms with Crippen LogP contribution in [0.2, 0.25) is 0 Å². The van der Waals surface area contributed by atoms with E-state index in [9.17, 15) is 4.79 Å². The Balaban J connectivity index is 2.25. The second-order valence-electron chi connectivity index (χ2n) is 3.18. The van der Waals surface area contributed by atoms with Crippen molar-refractivity contribution in [3.63, 3.8) is 0 Å². The first-order valence-electron chi connectivity index (χ1n) is 4.26. The molecule has 1 heterocycles. The summed E-state index contributed by atoms with van der Waals surface area (Å²) in [5.74, 6) is -0.365. The number of carbonyl (C=O) groups is 1. The number of nitrogens with two attached hydrogens (primary N) is 1. The minimum Gasteiger partial charge on any atom is -0.373 e. The summed E-state index contributed by atoms with van der Waals surface area (Å²) < 4.78 is 5.10. The fourth-order valence-electron chi connectivity index (χ4n) is 1.37. The summed E-state index contributed by atoms with van der Waals surface area (Å²) in [4.78, 5) is 11.0. The lowest BCUT2D eigenvalue weighted by atomic mass is 10.0. The van der Waals surface area contributed by atoms with Crippen molar-refractivity contribution in [2.24, 2.45) is 5.73 Å². The van der Waals surface area contributed by atoms with E-state index >= 15 is 0 Å². The normalized spacial score (nSPS) is 19.8. The summed E-state index contributed by atoms with van der Waals surface area (Å²) in [6.07, 6.45) is 1.08. The van der Waals surface area contributed by atoms with Crippen LogP contribution in [0.15, 0.2) is 24.3 Å². The number of rotatable bonds is 3. The van der Waals surface area contributed by atoms with Gasteiger partial charge < -0.3 is 10.5 Å². The zero-order chi connectivity index (χ0) is 9.26. The third-order valence-electron chi connectivity index (χ3n) is 2.13. The molecule has 1 aliphatic heterocycles. The first kappa shape index (κ1) is 8.26. The quantitative estimate of drug-likeness (QED) is 0.692. The smallest absolute Gasteiger partial charge is 0.248 e. The summed E-state index contributed by atoms with van der Waals surface area (Å²) in [6.45, 7) is 0.799. The Kier molecular flexibility index (Phi) is 2.02.